The molecule has 0 saturated carbocycles. The first-order valence-corrected chi connectivity index (χ1v) is 21.7. The van der Waals surface area contributed by atoms with Crippen molar-refractivity contribution in [3.05, 3.63) is 218 Å². The zero-order valence-electron chi connectivity index (χ0n) is 33.5. The molecule has 5 heteroatoms. The minimum atomic E-state index is 0.608. The van der Waals surface area contributed by atoms with Crippen LogP contribution < -0.4 is 0 Å². The van der Waals surface area contributed by atoms with Gasteiger partial charge in [-0.05, 0) is 69.8 Å². The van der Waals surface area contributed by atoms with Crippen molar-refractivity contribution >= 4 is 53.3 Å². The Morgan fingerprint density at radius 1 is 0.306 bits per heavy atom. The monoisotopic (exact) mass is 808 g/mol. The van der Waals surface area contributed by atoms with Crippen LogP contribution in [-0.4, -0.2) is 19.5 Å². The molecule has 0 aliphatic rings. The van der Waals surface area contributed by atoms with E-state index in [1.165, 1.54) is 47.6 Å². The molecule has 0 saturated heterocycles. The average Bonchev–Trinajstić information content (AvgIpc) is 3.91. The van der Waals surface area contributed by atoms with Gasteiger partial charge in [-0.3, -0.25) is 0 Å². The molecule has 0 unspecified atom stereocenters. The number of thiophene rings is 1. The molecule has 0 N–H and O–H groups in total. The number of benzene rings is 9. The van der Waals surface area contributed by atoms with E-state index in [1.807, 2.05) is 29.5 Å². The van der Waals surface area contributed by atoms with E-state index in [0.29, 0.717) is 17.5 Å². The molecule has 12 rings (SSSR count). The van der Waals surface area contributed by atoms with Gasteiger partial charge < -0.3 is 4.57 Å². The number of hydrogen-bond donors (Lipinski definition) is 0. The number of rotatable bonds is 7. The molecule has 290 valence electrons. The number of aromatic nitrogens is 4. The summed E-state index contributed by atoms with van der Waals surface area (Å²) in [5.41, 5.74) is 13.0. The van der Waals surface area contributed by atoms with Gasteiger partial charge in [0.15, 0.2) is 17.5 Å². The lowest BCUT2D eigenvalue weighted by Crippen LogP contribution is -2.04. The molecule has 0 atom stereocenters. The largest absolute Gasteiger partial charge is 0.307 e. The number of hydrogen-bond acceptors (Lipinski definition) is 4. The zero-order chi connectivity index (χ0) is 41.0. The van der Waals surface area contributed by atoms with Gasteiger partial charge in [0.2, 0.25) is 0 Å². The summed E-state index contributed by atoms with van der Waals surface area (Å²) in [6.45, 7) is 0. The summed E-state index contributed by atoms with van der Waals surface area (Å²) in [6.07, 6.45) is 0. The van der Waals surface area contributed by atoms with Crippen LogP contribution in [0.2, 0.25) is 0 Å². The molecule has 3 aromatic heterocycles. The third-order valence-electron chi connectivity index (χ3n) is 11.8. The van der Waals surface area contributed by atoms with E-state index in [2.05, 4.69) is 205 Å². The van der Waals surface area contributed by atoms with Crippen molar-refractivity contribution in [3.8, 4) is 73.2 Å². The number of para-hydroxylation sites is 2. The highest BCUT2D eigenvalue weighted by molar-refractivity contribution is 7.27. The Hall–Kier alpha value is -7.99. The predicted octanol–water partition coefficient (Wildman–Crippen LogP) is 15.3. The molecule has 0 aliphatic heterocycles. The smallest absolute Gasteiger partial charge is 0.166 e. The van der Waals surface area contributed by atoms with Crippen molar-refractivity contribution < 1.29 is 0 Å². The first kappa shape index (κ1) is 35.9. The predicted molar refractivity (Wildman–Crippen MR) is 260 cm³/mol. The first-order chi connectivity index (χ1) is 30.7. The Morgan fingerprint density at radius 2 is 0.790 bits per heavy atom. The summed E-state index contributed by atoms with van der Waals surface area (Å²) in [5.74, 6) is 1.84. The molecule has 0 bridgehead atoms. The van der Waals surface area contributed by atoms with Crippen LogP contribution in [0.5, 0.6) is 0 Å². The highest BCUT2D eigenvalue weighted by Crippen LogP contribution is 2.46. The fourth-order valence-electron chi connectivity index (χ4n) is 8.95. The molecule has 9 aromatic carbocycles. The minimum Gasteiger partial charge on any atom is -0.307 e. The van der Waals surface area contributed by atoms with E-state index in [4.69, 9.17) is 15.0 Å². The molecule has 4 nitrogen and oxygen atoms in total. The van der Waals surface area contributed by atoms with E-state index in [0.717, 1.165) is 50.1 Å². The maximum absolute atomic E-state index is 5.41. The second kappa shape index (κ2) is 14.9. The summed E-state index contributed by atoms with van der Waals surface area (Å²) in [4.78, 5) is 15.9. The fourth-order valence-corrected chi connectivity index (χ4v) is 10.3. The molecule has 0 aliphatic carbocycles. The SMILES string of the molecule is c1ccc(-c2cc(-c3ccccc3)cc(-c3nc(-c4ccccc4)nc(-c4ccccc4-n4c5ccccc5c5ccc6c7cccc(-c8ccccc8)c7sc6c54)n3)c2)cc1. The summed E-state index contributed by atoms with van der Waals surface area (Å²) >= 11 is 1.87. The van der Waals surface area contributed by atoms with Gasteiger partial charge in [-0.1, -0.05) is 182 Å². The lowest BCUT2D eigenvalue weighted by Gasteiger charge is -2.15. The summed E-state index contributed by atoms with van der Waals surface area (Å²) in [6, 6.07) is 77.3. The van der Waals surface area contributed by atoms with E-state index >= 15 is 0 Å². The Kier molecular flexibility index (Phi) is 8.65. The number of fused-ring (bicyclic) bond motifs is 7. The van der Waals surface area contributed by atoms with Gasteiger partial charge in [0, 0.05) is 42.9 Å². The Bertz CT molecular complexity index is 3560. The van der Waals surface area contributed by atoms with Crippen LogP contribution in [0.25, 0.3) is 115 Å². The molecule has 0 amide bonds. The van der Waals surface area contributed by atoms with Gasteiger partial charge in [-0.15, -0.1) is 11.3 Å². The van der Waals surface area contributed by atoms with Crippen LogP contribution in [0.15, 0.2) is 218 Å². The summed E-state index contributed by atoms with van der Waals surface area (Å²) < 4.78 is 4.97. The summed E-state index contributed by atoms with van der Waals surface area (Å²) in [5, 5.41) is 4.93. The lowest BCUT2D eigenvalue weighted by atomic mass is 9.96. The van der Waals surface area contributed by atoms with Crippen LogP contribution >= 0.6 is 11.3 Å². The minimum absolute atomic E-state index is 0.608. The third-order valence-corrected chi connectivity index (χ3v) is 13.1. The Balaban J connectivity index is 1.12. The highest BCUT2D eigenvalue weighted by Gasteiger charge is 2.23. The normalized spacial score (nSPS) is 11.5. The van der Waals surface area contributed by atoms with Crippen LogP contribution in [0.4, 0.5) is 0 Å². The quantitative estimate of drug-likeness (QED) is 0.161. The maximum Gasteiger partial charge on any atom is 0.166 e. The molecule has 0 spiro atoms. The summed E-state index contributed by atoms with van der Waals surface area (Å²) in [7, 11) is 0. The molecule has 62 heavy (non-hydrogen) atoms. The van der Waals surface area contributed by atoms with Gasteiger partial charge in [-0.2, -0.15) is 0 Å². The van der Waals surface area contributed by atoms with E-state index in [-0.39, 0.29) is 0 Å². The van der Waals surface area contributed by atoms with E-state index < -0.39 is 0 Å². The van der Waals surface area contributed by atoms with Crippen LogP contribution in [0.1, 0.15) is 0 Å². The molecular weight excluding hydrogens is 773 g/mol. The van der Waals surface area contributed by atoms with Crippen molar-refractivity contribution in [1.82, 2.24) is 19.5 Å². The van der Waals surface area contributed by atoms with Crippen molar-refractivity contribution in [2.24, 2.45) is 0 Å². The van der Waals surface area contributed by atoms with Crippen LogP contribution in [0.3, 0.4) is 0 Å². The fraction of sp³-hybridized carbons (Fsp3) is 0. The van der Waals surface area contributed by atoms with Gasteiger partial charge in [0.05, 0.1) is 21.4 Å². The van der Waals surface area contributed by atoms with Gasteiger partial charge in [-0.25, -0.2) is 15.0 Å². The van der Waals surface area contributed by atoms with Crippen molar-refractivity contribution in [2.75, 3.05) is 0 Å². The van der Waals surface area contributed by atoms with Gasteiger partial charge >= 0.3 is 0 Å². The topological polar surface area (TPSA) is 43.6 Å². The van der Waals surface area contributed by atoms with Crippen LogP contribution in [0, 0.1) is 0 Å². The first-order valence-electron chi connectivity index (χ1n) is 20.9. The average molecular weight is 809 g/mol. The number of nitrogens with zero attached hydrogens (tertiary/aromatic N) is 4. The van der Waals surface area contributed by atoms with Crippen molar-refractivity contribution in [3.63, 3.8) is 0 Å². The van der Waals surface area contributed by atoms with Gasteiger partial charge in [0.25, 0.3) is 0 Å². The molecule has 3 heterocycles. The molecule has 0 radical (unpaired) electrons. The molecule has 0 fully saturated rings. The lowest BCUT2D eigenvalue weighted by molar-refractivity contribution is 1.06. The van der Waals surface area contributed by atoms with E-state index in [1.54, 1.807) is 0 Å². The third kappa shape index (κ3) is 6.09. The van der Waals surface area contributed by atoms with Crippen LogP contribution in [-0.2, 0) is 0 Å². The molecular formula is C57H36N4S. The second-order valence-electron chi connectivity index (χ2n) is 15.6. The standard InChI is InChI=1S/C57H36N4S/c1-5-18-37(19-6-1)41-34-42(38-20-7-2-8-21-38)36-43(35-41)56-58-55(40-24-11-4-12-25-40)59-57(60-56)49-27-14-16-31-51(49)61-50-30-15-13-26-45(50)46-32-33-48-47-29-17-28-44(39-22-9-3-10-23-39)53(47)62-54(48)52(46)61/h1-36H. The van der Waals surface area contributed by atoms with E-state index in [9.17, 15) is 0 Å². The Morgan fingerprint density at radius 3 is 1.48 bits per heavy atom. The second-order valence-corrected chi connectivity index (χ2v) is 16.6. The highest BCUT2D eigenvalue weighted by atomic mass is 32.1. The van der Waals surface area contributed by atoms with Crippen molar-refractivity contribution in [1.29, 1.82) is 0 Å². The Labute approximate surface area is 362 Å². The van der Waals surface area contributed by atoms with Gasteiger partial charge in [0.1, 0.15) is 0 Å². The molecule has 12 aromatic rings. The zero-order valence-corrected chi connectivity index (χ0v) is 34.3. The maximum atomic E-state index is 5.41. The van der Waals surface area contributed by atoms with Crippen molar-refractivity contribution in [2.45, 2.75) is 0 Å².